The van der Waals surface area contributed by atoms with Gasteiger partial charge in [-0.05, 0) is 49.2 Å². The maximum atomic E-state index is 6.21. The molecule has 4 rings (SSSR count). The SMILES string of the molecule is Cc1cc(C)cc(-n2nnc(-c3nc(-c4cccnc4)no3)c2N)c1. The number of nitrogen functional groups attached to an aromatic ring is 1. The summed E-state index contributed by atoms with van der Waals surface area (Å²) in [5.74, 6) is 0.974. The number of pyridine rings is 1. The second kappa shape index (κ2) is 5.82. The molecule has 0 unspecified atom stereocenters. The summed E-state index contributed by atoms with van der Waals surface area (Å²) in [5, 5.41) is 12.2. The Bertz CT molecular complexity index is 1020. The smallest absolute Gasteiger partial charge is 0.282 e. The first-order chi connectivity index (χ1) is 12.1. The van der Waals surface area contributed by atoms with Crippen molar-refractivity contribution in [1.29, 1.82) is 0 Å². The van der Waals surface area contributed by atoms with E-state index in [-0.39, 0.29) is 5.89 Å². The summed E-state index contributed by atoms with van der Waals surface area (Å²) in [6.07, 6.45) is 3.34. The van der Waals surface area contributed by atoms with E-state index in [1.807, 2.05) is 32.0 Å². The number of benzene rings is 1. The van der Waals surface area contributed by atoms with Crippen LogP contribution in [-0.2, 0) is 0 Å². The van der Waals surface area contributed by atoms with Gasteiger partial charge in [-0.25, -0.2) is 0 Å². The molecule has 0 spiro atoms. The summed E-state index contributed by atoms with van der Waals surface area (Å²) < 4.78 is 6.86. The number of hydrogen-bond acceptors (Lipinski definition) is 7. The lowest BCUT2D eigenvalue weighted by Crippen LogP contribution is -2.03. The molecule has 0 fully saturated rings. The molecule has 3 aromatic heterocycles. The van der Waals surface area contributed by atoms with Gasteiger partial charge in [-0.3, -0.25) is 4.98 Å². The first-order valence-electron chi connectivity index (χ1n) is 7.66. The molecule has 1 aromatic carbocycles. The molecular weight excluding hydrogens is 318 g/mol. The summed E-state index contributed by atoms with van der Waals surface area (Å²) >= 11 is 0. The van der Waals surface area contributed by atoms with E-state index < -0.39 is 0 Å². The number of aryl methyl sites for hydroxylation is 2. The lowest BCUT2D eigenvalue weighted by molar-refractivity contribution is 0.431. The second-order valence-corrected chi connectivity index (χ2v) is 5.75. The topological polar surface area (TPSA) is 109 Å². The number of rotatable bonds is 3. The minimum atomic E-state index is 0.215. The zero-order valence-corrected chi connectivity index (χ0v) is 13.7. The number of anilines is 1. The quantitative estimate of drug-likeness (QED) is 0.613. The van der Waals surface area contributed by atoms with Crippen LogP contribution in [0.3, 0.4) is 0 Å². The number of hydrogen-bond donors (Lipinski definition) is 1. The zero-order chi connectivity index (χ0) is 17.4. The first-order valence-corrected chi connectivity index (χ1v) is 7.66. The van der Waals surface area contributed by atoms with E-state index in [2.05, 4.69) is 31.5 Å². The van der Waals surface area contributed by atoms with Crippen LogP contribution in [0.5, 0.6) is 0 Å². The minimum Gasteiger partial charge on any atom is -0.382 e. The van der Waals surface area contributed by atoms with Crippen LogP contribution in [0.4, 0.5) is 5.82 Å². The van der Waals surface area contributed by atoms with Gasteiger partial charge in [0.2, 0.25) is 5.82 Å². The van der Waals surface area contributed by atoms with Gasteiger partial charge in [0.15, 0.2) is 11.5 Å². The second-order valence-electron chi connectivity index (χ2n) is 5.75. The van der Waals surface area contributed by atoms with E-state index in [0.29, 0.717) is 17.3 Å². The molecule has 4 aromatic rings. The van der Waals surface area contributed by atoms with E-state index in [0.717, 1.165) is 22.4 Å². The molecule has 8 heteroatoms. The Hall–Kier alpha value is -3.55. The zero-order valence-electron chi connectivity index (χ0n) is 13.7. The average molecular weight is 333 g/mol. The van der Waals surface area contributed by atoms with Crippen molar-refractivity contribution in [2.24, 2.45) is 0 Å². The van der Waals surface area contributed by atoms with Crippen molar-refractivity contribution in [2.45, 2.75) is 13.8 Å². The Morgan fingerprint density at radius 3 is 2.64 bits per heavy atom. The van der Waals surface area contributed by atoms with E-state index in [4.69, 9.17) is 10.3 Å². The lowest BCUT2D eigenvalue weighted by atomic mass is 10.1. The molecule has 3 heterocycles. The first kappa shape index (κ1) is 15.0. The van der Waals surface area contributed by atoms with Gasteiger partial charge in [0.25, 0.3) is 5.89 Å². The summed E-state index contributed by atoms with van der Waals surface area (Å²) in [6, 6.07) is 9.69. The van der Waals surface area contributed by atoms with E-state index in [9.17, 15) is 0 Å². The Morgan fingerprint density at radius 2 is 1.92 bits per heavy atom. The molecule has 2 N–H and O–H groups in total. The van der Waals surface area contributed by atoms with Crippen molar-refractivity contribution in [3.05, 3.63) is 53.9 Å². The Labute approximate surface area is 143 Å². The predicted octanol–water partition coefficient (Wildman–Crippen LogP) is 2.58. The number of nitrogens with two attached hydrogens (primary N) is 1. The van der Waals surface area contributed by atoms with Crippen molar-refractivity contribution >= 4 is 5.82 Å². The molecule has 0 saturated carbocycles. The van der Waals surface area contributed by atoms with Crippen molar-refractivity contribution in [3.63, 3.8) is 0 Å². The highest BCUT2D eigenvalue weighted by Crippen LogP contribution is 2.26. The monoisotopic (exact) mass is 333 g/mol. The lowest BCUT2D eigenvalue weighted by Gasteiger charge is -2.05. The fourth-order valence-electron chi connectivity index (χ4n) is 2.64. The van der Waals surface area contributed by atoms with Gasteiger partial charge < -0.3 is 10.3 Å². The molecule has 0 aliphatic rings. The molecule has 8 nitrogen and oxygen atoms in total. The highest BCUT2D eigenvalue weighted by molar-refractivity contribution is 5.66. The van der Waals surface area contributed by atoms with Crippen LogP contribution in [0.25, 0.3) is 28.7 Å². The largest absolute Gasteiger partial charge is 0.382 e. The summed E-state index contributed by atoms with van der Waals surface area (Å²) in [5.41, 5.74) is 10.4. The van der Waals surface area contributed by atoms with E-state index in [1.165, 1.54) is 0 Å². The Balaban J connectivity index is 1.73. The fourth-order valence-corrected chi connectivity index (χ4v) is 2.64. The third kappa shape index (κ3) is 2.74. The molecule has 124 valence electrons. The van der Waals surface area contributed by atoms with Crippen LogP contribution >= 0.6 is 0 Å². The molecule has 0 aliphatic carbocycles. The summed E-state index contributed by atoms with van der Waals surface area (Å²) in [7, 11) is 0. The third-order valence-electron chi connectivity index (χ3n) is 3.70. The van der Waals surface area contributed by atoms with Crippen LogP contribution in [0, 0.1) is 13.8 Å². The predicted molar refractivity (Wildman–Crippen MR) is 91.8 cm³/mol. The Morgan fingerprint density at radius 1 is 1.12 bits per heavy atom. The van der Waals surface area contributed by atoms with E-state index in [1.54, 1.807) is 23.1 Å². The molecular formula is C17H15N7O. The van der Waals surface area contributed by atoms with Crippen LogP contribution in [-0.4, -0.2) is 30.1 Å². The normalized spacial score (nSPS) is 11.0. The van der Waals surface area contributed by atoms with E-state index >= 15 is 0 Å². The van der Waals surface area contributed by atoms with Gasteiger partial charge in [0, 0.05) is 18.0 Å². The van der Waals surface area contributed by atoms with Crippen LogP contribution in [0.15, 0.2) is 47.2 Å². The molecule has 0 aliphatic heterocycles. The number of nitrogens with zero attached hydrogens (tertiary/aromatic N) is 6. The standard InChI is InChI=1S/C17H15N7O/c1-10-6-11(2)8-13(7-10)24-15(18)14(21-23-24)17-20-16(22-25-17)12-4-3-5-19-9-12/h3-9H,18H2,1-2H3. The third-order valence-corrected chi connectivity index (χ3v) is 3.70. The Kier molecular flexibility index (Phi) is 3.50. The van der Waals surface area contributed by atoms with Crippen LogP contribution in [0.1, 0.15) is 11.1 Å². The fraction of sp³-hybridized carbons (Fsp3) is 0.118. The molecule has 0 bridgehead atoms. The summed E-state index contributed by atoms with van der Waals surface area (Å²) in [4.78, 5) is 8.38. The highest BCUT2D eigenvalue weighted by Gasteiger charge is 2.20. The van der Waals surface area contributed by atoms with Gasteiger partial charge in [-0.1, -0.05) is 16.4 Å². The molecule has 0 amide bonds. The van der Waals surface area contributed by atoms with Crippen LogP contribution in [0.2, 0.25) is 0 Å². The van der Waals surface area contributed by atoms with Gasteiger partial charge in [0.1, 0.15) is 0 Å². The maximum absolute atomic E-state index is 6.21. The van der Waals surface area contributed by atoms with Gasteiger partial charge in [-0.2, -0.15) is 9.67 Å². The van der Waals surface area contributed by atoms with Crippen molar-refractivity contribution in [3.8, 4) is 28.7 Å². The van der Waals surface area contributed by atoms with Gasteiger partial charge in [-0.15, -0.1) is 5.10 Å². The molecule has 0 saturated heterocycles. The minimum absolute atomic E-state index is 0.215. The number of aromatic nitrogens is 6. The van der Waals surface area contributed by atoms with Gasteiger partial charge >= 0.3 is 0 Å². The summed E-state index contributed by atoms with van der Waals surface area (Å²) in [6.45, 7) is 4.03. The molecule has 0 radical (unpaired) electrons. The maximum Gasteiger partial charge on any atom is 0.282 e. The average Bonchev–Trinajstić information content (AvgIpc) is 3.21. The van der Waals surface area contributed by atoms with Crippen molar-refractivity contribution < 1.29 is 4.52 Å². The highest BCUT2D eigenvalue weighted by atomic mass is 16.5. The molecule has 0 atom stereocenters. The van der Waals surface area contributed by atoms with Gasteiger partial charge in [0.05, 0.1) is 5.69 Å². The van der Waals surface area contributed by atoms with Crippen molar-refractivity contribution in [1.82, 2.24) is 30.1 Å². The molecule has 25 heavy (non-hydrogen) atoms. The van der Waals surface area contributed by atoms with Crippen molar-refractivity contribution in [2.75, 3.05) is 5.73 Å². The van der Waals surface area contributed by atoms with Crippen LogP contribution < -0.4 is 5.73 Å².